The van der Waals surface area contributed by atoms with Crippen molar-refractivity contribution in [1.82, 2.24) is 15.3 Å². The van der Waals surface area contributed by atoms with E-state index in [1.54, 1.807) is 0 Å². The Morgan fingerprint density at radius 3 is 2.50 bits per heavy atom. The van der Waals surface area contributed by atoms with E-state index in [0.717, 1.165) is 25.7 Å². The molecule has 6 nitrogen and oxygen atoms in total. The van der Waals surface area contributed by atoms with Crippen LogP contribution in [0.25, 0.3) is 0 Å². The summed E-state index contributed by atoms with van der Waals surface area (Å²) in [6, 6.07) is 0.172. The number of hydrogen-bond acceptors (Lipinski definition) is 4. The van der Waals surface area contributed by atoms with Gasteiger partial charge in [-0.2, -0.15) is 0 Å². The van der Waals surface area contributed by atoms with Crippen LogP contribution < -0.4 is 5.32 Å². The van der Waals surface area contributed by atoms with E-state index in [0.29, 0.717) is 17.6 Å². The Kier molecular flexibility index (Phi) is 5.88. The molecular formula is C17H31N3O3Si. The molecule has 1 aliphatic rings. The Labute approximate surface area is 145 Å². The summed E-state index contributed by atoms with van der Waals surface area (Å²) in [4.78, 5) is 19.0. The molecule has 136 valence electrons. The van der Waals surface area contributed by atoms with Crippen molar-refractivity contribution in [2.75, 3.05) is 0 Å². The number of aromatic amines is 1. The van der Waals surface area contributed by atoms with Gasteiger partial charge in [-0.15, -0.1) is 0 Å². The Bertz CT molecular complexity index is 558. The number of aliphatic hydroxyl groups is 1. The van der Waals surface area contributed by atoms with Gasteiger partial charge in [-0.25, -0.2) is 4.98 Å². The predicted molar refractivity (Wildman–Crippen MR) is 96.3 cm³/mol. The normalized spacial score (nSPS) is 22.4. The number of rotatable bonds is 5. The molecule has 1 amide bonds. The van der Waals surface area contributed by atoms with Gasteiger partial charge >= 0.3 is 0 Å². The fourth-order valence-electron chi connectivity index (χ4n) is 2.74. The highest BCUT2D eigenvalue weighted by atomic mass is 28.4. The van der Waals surface area contributed by atoms with Gasteiger partial charge in [0.25, 0.3) is 5.91 Å². The first kappa shape index (κ1) is 19.1. The van der Waals surface area contributed by atoms with E-state index in [4.69, 9.17) is 9.53 Å². The number of nitrogens with zero attached hydrogens (tertiary/aromatic N) is 1. The van der Waals surface area contributed by atoms with E-state index >= 15 is 0 Å². The van der Waals surface area contributed by atoms with Crippen LogP contribution in [0.5, 0.6) is 0 Å². The van der Waals surface area contributed by atoms with E-state index < -0.39 is 8.32 Å². The van der Waals surface area contributed by atoms with Crippen molar-refractivity contribution < 1.29 is 14.3 Å². The zero-order valence-corrected chi connectivity index (χ0v) is 16.5. The molecular weight excluding hydrogens is 322 g/mol. The maximum atomic E-state index is 12.2. The average Bonchev–Trinajstić information content (AvgIpc) is 2.97. The van der Waals surface area contributed by atoms with Crippen LogP contribution in [0.3, 0.4) is 0 Å². The van der Waals surface area contributed by atoms with Crippen LogP contribution in [0.2, 0.25) is 18.1 Å². The van der Waals surface area contributed by atoms with Crippen LogP contribution in [0, 0.1) is 0 Å². The molecule has 0 aromatic carbocycles. The van der Waals surface area contributed by atoms with Crippen LogP contribution in [0.15, 0.2) is 6.20 Å². The molecule has 1 heterocycles. The highest BCUT2D eigenvalue weighted by Gasteiger charge is 2.39. The third-order valence-corrected chi connectivity index (χ3v) is 9.83. The molecule has 3 N–H and O–H groups in total. The molecule has 0 atom stereocenters. The standard InChI is InChI=1S/C17H31N3O3Si/c1-17(2,3)24(4,5)23-13-8-6-12(7-9-13)19-16(22)14-10-18-15(11-21)20-14/h10,12-13,21H,6-9,11H2,1-5H3,(H,18,20)(H,19,22)/t12-,13-. The van der Waals surface area contributed by atoms with E-state index in [1.165, 1.54) is 6.20 Å². The van der Waals surface area contributed by atoms with Gasteiger partial charge in [-0.1, -0.05) is 20.8 Å². The third kappa shape index (κ3) is 4.68. The first-order valence-corrected chi connectivity index (χ1v) is 11.7. The summed E-state index contributed by atoms with van der Waals surface area (Å²) < 4.78 is 6.48. The van der Waals surface area contributed by atoms with Crippen LogP contribution in [0.4, 0.5) is 0 Å². The number of amides is 1. The van der Waals surface area contributed by atoms with Gasteiger partial charge in [0, 0.05) is 18.3 Å². The monoisotopic (exact) mass is 353 g/mol. The van der Waals surface area contributed by atoms with Gasteiger partial charge in [0.15, 0.2) is 8.32 Å². The number of imidazole rings is 1. The summed E-state index contributed by atoms with van der Waals surface area (Å²) in [5, 5.41) is 12.3. The van der Waals surface area contributed by atoms with E-state index in [2.05, 4.69) is 49.1 Å². The van der Waals surface area contributed by atoms with Gasteiger partial charge in [-0.3, -0.25) is 4.79 Å². The lowest BCUT2D eigenvalue weighted by Gasteiger charge is -2.41. The molecule has 24 heavy (non-hydrogen) atoms. The quantitative estimate of drug-likeness (QED) is 0.710. The summed E-state index contributed by atoms with van der Waals surface area (Å²) in [7, 11) is -1.73. The summed E-state index contributed by atoms with van der Waals surface area (Å²) in [5.41, 5.74) is 0.332. The molecule has 1 saturated carbocycles. The van der Waals surface area contributed by atoms with Crippen molar-refractivity contribution >= 4 is 14.2 Å². The van der Waals surface area contributed by atoms with E-state index in [-0.39, 0.29) is 23.6 Å². The molecule has 0 radical (unpaired) electrons. The average molecular weight is 354 g/mol. The topological polar surface area (TPSA) is 87.2 Å². The minimum atomic E-state index is -1.73. The van der Waals surface area contributed by atoms with Gasteiger partial charge in [0.05, 0.1) is 0 Å². The lowest BCUT2D eigenvalue weighted by Crippen LogP contribution is -2.46. The molecule has 1 aromatic heterocycles. The second kappa shape index (κ2) is 7.37. The number of H-pyrrole nitrogens is 1. The summed E-state index contributed by atoms with van der Waals surface area (Å²) >= 11 is 0. The van der Waals surface area contributed by atoms with Crippen LogP contribution in [0.1, 0.15) is 62.8 Å². The summed E-state index contributed by atoms with van der Waals surface area (Å²) in [6.45, 7) is 11.2. The zero-order chi connectivity index (χ0) is 18.0. The summed E-state index contributed by atoms with van der Waals surface area (Å²) in [6.07, 6.45) is 5.68. The van der Waals surface area contributed by atoms with Crippen molar-refractivity contribution in [2.45, 2.75) is 83.3 Å². The lowest BCUT2D eigenvalue weighted by atomic mass is 9.93. The molecule has 1 fully saturated rings. The molecule has 2 rings (SSSR count). The van der Waals surface area contributed by atoms with Crippen molar-refractivity contribution in [1.29, 1.82) is 0 Å². The van der Waals surface area contributed by atoms with Crippen molar-refractivity contribution in [2.24, 2.45) is 0 Å². The number of carbonyl (C=O) groups excluding carboxylic acids is 1. The molecule has 0 aliphatic heterocycles. The van der Waals surface area contributed by atoms with Crippen molar-refractivity contribution in [3.8, 4) is 0 Å². The Balaban J connectivity index is 1.81. The van der Waals surface area contributed by atoms with Gasteiger partial charge in [0.1, 0.15) is 18.1 Å². The smallest absolute Gasteiger partial charge is 0.271 e. The fourth-order valence-corrected chi connectivity index (χ4v) is 4.16. The Morgan fingerprint density at radius 1 is 1.38 bits per heavy atom. The number of carbonyl (C=O) groups is 1. The number of hydrogen-bond donors (Lipinski definition) is 3. The van der Waals surface area contributed by atoms with Crippen LogP contribution >= 0.6 is 0 Å². The number of aliphatic hydroxyl groups excluding tert-OH is 1. The molecule has 0 unspecified atom stereocenters. The third-order valence-electron chi connectivity index (χ3n) is 5.29. The SMILES string of the molecule is CC(C)(C)[Si](C)(C)O[C@H]1CC[C@H](NC(=O)c2c[nH]c(CO)n2)CC1. The highest BCUT2D eigenvalue weighted by Crippen LogP contribution is 2.39. The molecule has 0 spiro atoms. The Hall–Kier alpha value is -1.18. The van der Waals surface area contributed by atoms with Crippen molar-refractivity contribution in [3.05, 3.63) is 17.7 Å². The largest absolute Gasteiger partial charge is 0.414 e. The van der Waals surface area contributed by atoms with Crippen molar-refractivity contribution in [3.63, 3.8) is 0 Å². The molecule has 1 aliphatic carbocycles. The summed E-state index contributed by atoms with van der Waals surface area (Å²) in [5.74, 6) is 0.228. The van der Waals surface area contributed by atoms with E-state index in [1.807, 2.05) is 0 Å². The lowest BCUT2D eigenvalue weighted by molar-refractivity contribution is 0.0876. The maximum absolute atomic E-state index is 12.2. The molecule has 0 saturated heterocycles. The molecule has 7 heteroatoms. The minimum absolute atomic E-state index is 0.172. The van der Waals surface area contributed by atoms with Gasteiger partial charge in [-0.05, 0) is 43.8 Å². The number of nitrogens with one attached hydrogen (secondary N) is 2. The second-order valence-corrected chi connectivity index (χ2v) is 13.0. The van der Waals surface area contributed by atoms with Gasteiger partial charge < -0.3 is 19.8 Å². The second-order valence-electron chi connectivity index (χ2n) is 8.22. The molecule has 1 aromatic rings. The minimum Gasteiger partial charge on any atom is -0.414 e. The predicted octanol–water partition coefficient (Wildman–Crippen LogP) is 2.96. The van der Waals surface area contributed by atoms with Crippen LogP contribution in [-0.2, 0) is 11.0 Å². The number of aromatic nitrogens is 2. The first-order valence-electron chi connectivity index (χ1n) is 8.76. The maximum Gasteiger partial charge on any atom is 0.271 e. The Morgan fingerprint density at radius 2 is 2.00 bits per heavy atom. The fraction of sp³-hybridized carbons (Fsp3) is 0.765. The van der Waals surface area contributed by atoms with Gasteiger partial charge in [0.2, 0.25) is 0 Å². The highest BCUT2D eigenvalue weighted by molar-refractivity contribution is 6.74. The first-order chi connectivity index (χ1) is 11.1. The van der Waals surface area contributed by atoms with E-state index in [9.17, 15) is 4.79 Å². The zero-order valence-electron chi connectivity index (χ0n) is 15.5. The van der Waals surface area contributed by atoms with Crippen LogP contribution in [-0.4, -0.2) is 41.4 Å². The molecule has 0 bridgehead atoms.